The topological polar surface area (TPSA) is 199 Å². The van der Waals surface area contributed by atoms with Crippen LogP contribution in [-0.4, -0.2) is 75.9 Å². The Labute approximate surface area is 239 Å². The van der Waals surface area contributed by atoms with Gasteiger partial charge in [-0.25, -0.2) is 0 Å². The molecule has 0 saturated heterocycles. The minimum Gasteiger partial charge on any atom is -0.400 e. The second-order valence-electron chi connectivity index (χ2n) is 7.54. The lowest BCUT2D eigenvalue weighted by Crippen LogP contribution is -2.23. The fourth-order valence-electron chi connectivity index (χ4n) is 3.06. The predicted octanol–water partition coefficient (Wildman–Crippen LogP) is 3.75. The van der Waals surface area contributed by atoms with E-state index in [4.69, 9.17) is 26.8 Å². The molecule has 40 heavy (non-hydrogen) atoms. The largest absolute Gasteiger partial charge is 0.400 e. The van der Waals surface area contributed by atoms with Crippen molar-refractivity contribution in [3.05, 3.63) is 48.5 Å². The Morgan fingerprint density at radius 3 is 1.62 bits per heavy atom. The van der Waals surface area contributed by atoms with E-state index >= 15 is 0 Å². The number of aliphatic hydroxyl groups is 4. The number of aromatic nitrogens is 3. The molecule has 0 aliphatic carbocycles. The van der Waals surface area contributed by atoms with E-state index in [0.717, 1.165) is 38.4 Å². The van der Waals surface area contributed by atoms with Crippen molar-refractivity contribution < 1.29 is 20.4 Å². The van der Waals surface area contributed by atoms with E-state index in [1.54, 1.807) is 24.3 Å². The Hall–Kier alpha value is -3.71. The molecule has 1 aromatic heterocycles. The van der Waals surface area contributed by atoms with Gasteiger partial charge in [0.05, 0.1) is 12.7 Å². The zero-order valence-electron chi connectivity index (χ0n) is 25.0. The molecule has 0 amide bonds. The number of nitrogens with zero attached hydrogens (tertiary/aromatic N) is 4. The van der Waals surface area contributed by atoms with Gasteiger partial charge >= 0.3 is 0 Å². The van der Waals surface area contributed by atoms with Gasteiger partial charge in [-0.1, -0.05) is 39.8 Å². The molecule has 12 nitrogen and oxygen atoms in total. The van der Waals surface area contributed by atoms with Gasteiger partial charge < -0.3 is 47.4 Å². The maximum atomic E-state index is 9.50. The summed E-state index contributed by atoms with van der Waals surface area (Å²) in [6, 6.07) is 14.6. The summed E-state index contributed by atoms with van der Waals surface area (Å²) in [5, 5.41) is 38.8. The molecule has 0 bridgehead atoms. The molecule has 0 radical (unpaired) electrons. The summed E-state index contributed by atoms with van der Waals surface area (Å²) in [5.41, 5.74) is 14.5. The molecule has 0 saturated carbocycles. The maximum absolute atomic E-state index is 9.50. The van der Waals surface area contributed by atoms with Crippen molar-refractivity contribution in [3.8, 4) is 0 Å². The third-order valence-corrected chi connectivity index (χ3v) is 4.74. The van der Waals surface area contributed by atoms with E-state index in [9.17, 15) is 5.11 Å². The quantitative estimate of drug-likeness (QED) is 0.124. The molecule has 0 fully saturated rings. The van der Waals surface area contributed by atoms with Gasteiger partial charge in [0.15, 0.2) is 0 Å². The van der Waals surface area contributed by atoms with Crippen LogP contribution in [0.4, 0.5) is 40.6 Å². The highest BCUT2D eigenvalue weighted by molar-refractivity contribution is 5.63. The Morgan fingerprint density at radius 2 is 1.23 bits per heavy atom. The number of nitrogens with two attached hydrogens (primary N) is 2. The molecule has 3 aromatic rings. The van der Waals surface area contributed by atoms with Crippen LogP contribution in [0.2, 0.25) is 0 Å². The van der Waals surface area contributed by atoms with E-state index in [1.165, 1.54) is 0 Å². The standard InChI is InChI=1S/C22H30N8O2.2C2H6.2CH4O/c1-30(11-3-2-10-19(32)14-31)22-28-20(25-17-8-4-6-15(23)12-17)27-21(29-22)26-18-9-5-7-16(24)13-18;4*1-2/h4-9,12-13,19,31-32H,2-3,10-11,14,23-24H2,1H3,(H2,25,26,27,28,29);2*1-2H3;2*2H,1H3/t19-;;;;/m0..../s1. The average Bonchev–Trinajstić information content (AvgIpc) is 2.99. The van der Waals surface area contributed by atoms with Gasteiger partial charge in [0, 0.05) is 50.6 Å². The van der Waals surface area contributed by atoms with Crippen LogP contribution >= 0.6 is 0 Å². The van der Waals surface area contributed by atoms with E-state index in [-0.39, 0.29) is 6.61 Å². The monoisotopic (exact) mass is 562 g/mol. The Bertz CT molecular complexity index is 961. The first-order valence-corrected chi connectivity index (χ1v) is 13.3. The normalized spacial score (nSPS) is 9.97. The molecule has 12 heteroatoms. The lowest BCUT2D eigenvalue weighted by molar-refractivity contribution is 0.0863. The molecule has 10 N–H and O–H groups in total. The fourth-order valence-corrected chi connectivity index (χ4v) is 3.06. The number of nitrogen functional groups attached to an aromatic ring is 2. The molecule has 1 heterocycles. The van der Waals surface area contributed by atoms with Crippen LogP contribution < -0.4 is 27.0 Å². The van der Waals surface area contributed by atoms with Crippen molar-refractivity contribution in [2.45, 2.75) is 53.1 Å². The molecule has 0 aliphatic heterocycles. The van der Waals surface area contributed by atoms with Crippen LogP contribution in [0.25, 0.3) is 0 Å². The molecule has 3 rings (SSSR count). The number of hydrogen-bond acceptors (Lipinski definition) is 12. The van der Waals surface area contributed by atoms with Crippen molar-refractivity contribution in [2.75, 3.05) is 61.4 Å². The highest BCUT2D eigenvalue weighted by Crippen LogP contribution is 2.22. The number of rotatable bonds is 11. The summed E-state index contributed by atoms with van der Waals surface area (Å²) >= 11 is 0. The molecule has 0 spiro atoms. The highest BCUT2D eigenvalue weighted by atomic mass is 16.3. The maximum Gasteiger partial charge on any atom is 0.233 e. The van der Waals surface area contributed by atoms with Crippen LogP contribution in [0.3, 0.4) is 0 Å². The van der Waals surface area contributed by atoms with Crippen LogP contribution in [0.1, 0.15) is 47.0 Å². The Balaban J connectivity index is 0. The zero-order valence-corrected chi connectivity index (χ0v) is 25.0. The lowest BCUT2D eigenvalue weighted by Gasteiger charge is -2.19. The Kier molecular flexibility index (Phi) is 23.4. The summed E-state index contributed by atoms with van der Waals surface area (Å²) in [4.78, 5) is 15.5. The molecule has 226 valence electrons. The summed E-state index contributed by atoms with van der Waals surface area (Å²) in [6.45, 7) is 8.46. The van der Waals surface area contributed by atoms with Crippen LogP contribution in [0, 0.1) is 0 Å². The summed E-state index contributed by atoms with van der Waals surface area (Å²) in [7, 11) is 3.90. The number of benzene rings is 2. The number of hydrogen-bond donors (Lipinski definition) is 8. The first-order valence-electron chi connectivity index (χ1n) is 13.3. The van der Waals surface area contributed by atoms with E-state index in [1.807, 2.05) is 63.9 Å². The first kappa shape index (κ1) is 38.4. The summed E-state index contributed by atoms with van der Waals surface area (Å²) < 4.78 is 0. The smallest absolute Gasteiger partial charge is 0.233 e. The van der Waals surface area contributed by atoms with Crippen molar-refractivity contribution in [3.63, 3.8) is 0 Å². The number of unbranched alkanes of at least 4 members (excludes halogenated alkanes) is 1. The highest BCUT2D eigenvalue weighted by Gasteiger charge is 2.12. The number of aliphatic hydroxyl groups excluding tert-OH is 4. The van der Waals surface area contributed by atoms with Crippen LogP contribution in [0.15, 0.2) is 48.5 Å². The number of anilines is 7. The van der Waals surface area contributed by atoms with Crippen molar-refractivity contribution in [1.82, 2.24) is 15.0 Å². The molecule has 0 unspecified atom stereocenters. The average molecular weight is 563 g/mol. The number of nitrogens with one attached hydrogen (secondary N) is 2. The van der Waals surface area contributed by atoms with Gasteiger partial charge in [0.1, 0.15) is 0 Å². The van der Waals surface area contributed by atoms with Crippen LogP contribution in [0.5, 0.6) is 0 Å². The summed E-state index contributed by atoms with van der Waals surface area (Å²) in [6.07, 6.45) is 1.46. The van der Waals surface area contributed by atoms with Crippen LogP contribution in [-0.2, 0) is 0 Å². The lowest BCUT2D eigenvalue weighted by atomic mass is 10.1. The molecular formula is C28H50N8O4. The van der Waals surface area contributed by atoms with Crippen molar-refractivity contribution in [1.29, 1.82) is 0 Å². The first-order chi connectivity index (χ1) is 19.4. The molecule has 1 atom stereocenters. The Morgan fingerprint density at radius 1 is 0.775 bits per heavy atom. The second kappa shape index (κ2) is 24.3. The van der Waals surface area contributed by atoms with E-state index < -0.39 is 6.10 Å². The second-order valence-corrected chi connectivity index (χ2v) is 7.54. The molecule has 0 aliphatic rings. The van der Waals surface area contributed by atoms with Gasteiger partial charge in [0.2, 0.25) is 17.8 Å². The fraction of sp³-hybridized carbons (Fsp3) is 0.464. The minimum absolute atomic E-state index is 0.221. The minimum atomic E-state index is -0.680. The third-order valence-electron chi connectivity index (χ3n) is 4.74. The van der Waals surface area contributed by atoms with Crippen molar-refractivity contribution >= 4 is 40.6 Å². The molecule has 2 aromatic carbocycles. The third kappa shape index (κ3) is 15.6. The SMILES string of the molecule is CC.CC.CN(CCCC[C@H](O)CO)c1nc(Nc2cccc(N)c2)nc(Nc2cccc(N)c2)n1.CO.CO. The zero-order chi connectivity index (χ0) is 30.9. The van der Waals surface area contributed by atoms with Crippen molar-refractivity contribution in [2.24, 2.45) is 0 Å². The van der Waals surface area contributed by atoms with Gasteiger partial charge in [0.25, 0.3) is 0 Å². The van der Waals surface area contributed by atoms with Gasteiger partial charge in [-0.05, 0) is 55.7 Å². The molecular weight excluding hydrogens is 512 g/mol. The van der Waals surface area contributed by atoms with E-state index in [0.29, 0.717) is 42.2 Å². The van der Waals surface area contributed by atoms with Gasteiger partial charge in [-0.2, -0.15) is 15.0 Å². The van der Waals surface area contributed by atoms with Gasteiger partial charge in [-0.15, -0.1) is 0 Å². The van der Waals surface area contributed by atoms with Gasteiger partial charge in [-0.3, -0.25) is 0 Å². The predicted molar refractivity (Wildman–Crippen MR) is 167 cm³/mol. The van der Waals surface area contributed by atoms with E-state index in [2.05, 4.69) is 25.6 Å². The summed E-state index contributed by atoms with van der Waals surface area (Å²) in [5.74, 6) is 1.23.